The number of aliphatic hydroxyl groups excluding tert-OH is 1. The summed E-state index contributed by atoms with van der Waals surface area (Å²) in [5.41, 5.74) is 0.694. The lowest BCUT2D eigenvalue weighted by Crippen LogP contribution is -2.34. The van der Waals surface area contributed by atoms with E-state index in [1.165, 1.54) is 6.92 Å². The van der Waals surface area contributed by atoms with Gasteiger partial charge in [0.15, 0.2) is 0 Å². The van der Waals surface area contributed by atoms with Gasteiger partial charge in [-0.05, 0) is 12.5 Å². The summed E-state index contributed by atoms with van der Waals surface area (Å²) in [6, 6.07) is 8.14. The molecule has 0 aliphatic heterocycles. The van der Waals surface area contributed by atoms with E-state index in [4.69, 9.17) is 0 Å². The molecule has 0 aliphatic rings. The maximum Gasteiger partial charge on any atom is 0.390 e. The summed E-state index contributed by atoms with van der Waals surface area (Å²) in [5.74, 6) is 0. The first-order chi connectivity index (χ1) is 7.88. The van der Waals surface area contributed by atoms with E-state index in [1.807, 2.05) is 6.07 Å². The van der Waals surface area contributed by atoms with Crippen LogP contribution in [0.25, 0.3) is 0 Å². The van der Waals surface area contributed by atoms with Crippen LogP contribution in [-0.4, -0.2) is 23.9 Å². The monoisotopic (exact) mass is 247 g/mol. The van der Waals surface area contributed by atoms with Crippen LogP contribution in [-0.2, 0) is 0 Å². The van der Waals surface area contributed by atoms with Gasteiger partial charge in [0.1, 0.15) is 0 Å². The molecule has 0 radical (unpaired) electrons. The average molecular weight is 247 g/mol. The van der Waals surface area contributed by atoms with Crippen LogP contribution in [0.2, 0.25) is 0 Å². The minimum absolute atomic E-state index is 0.112. The lowest BCUT2D eigenvalue weighted by molar-refractivity contribution is -0.139. The average Bonchev–Trinajstić information content (AvgIpc) is 2.25. The zero-order valence-corrected chi connectivity index (χ0v) is 9.54. The smallest absolute Gasteiger partial charge is 0.387 e. The van der Waals surface area contributed by atoms with Gasteiger partial charge in [0.05, 0.1) is 12.5 Å². The second kappa shape index (κ2) is 6.02. The molecule has 0 aliphatic carbocycles. The zero-order valence-electron chi connectivity index (χ0n) is 9.54. The molecule has 0 heterocycles. The van der Waals surface area contributed by atoms with E-state index in [-0.39, 0.29) is 6.54 Å². The first-order valence-electron chi connectivity index (χ1n) is 5.41. The standard InChI is InChI=1S/C12H16F3NO/c1-9(7-12(13,14)15)16-8-11(17)10-5-3-2-4-6-10/h2-6,9,11,16-17H,7-8H2,1H3. The molecule has 0 amide bonds. The Balaban J connectivity index is 2.36. The normalized spacial score (nSPS) is 15.6. The van der Waals surface area contributed by atoms with Gasteiger partial charge in [-0.25, -0.2) is 0 Å². The largest absolute Gasteiger partial charge is 0.390 e. The fraction of sp³-hybridized carbons (Fsp3) is 0.500. The zero-order chi connectivity index (χ0) is 12.9. The van der Waals surface area contributed by atoms with Gasteiger partial charge in [0, 0.05) is 12.6 Å². The van der Waals surface area contributed by atoms with Crippen LogP contribution in [0.1, 0.15) is 25.0 Å². The Morgan fingerprint density at radius 2 is 1.82 bits per heavy atom. The molecule has 96 valence electrons. The Kier molecular flexibility index (Phi) is 4.96. The van der Waals surface area contributed by atoms with Crippen molar-refractivity contribution in [2.24, 2.45) is 0 Å². The highest BCUT2D eigenvalue weighted by Gasteiger charge is 2.29. The second-order valence-corrected chi connectivity index (χ2v) is 4.06. The van der Waals surface area contributed by atoms with E-state index in [9.17, 15) is 18.3 Å². The first kappa shape index (κ1) is 14.0. The van der Waals surface area contributed by atoms with Crippen molar-refractivity contribution in [2.45, 2.75) is 31.7 Å². The van der Waals surface area contributed by atoms with Crippen LogP contribution in [0.3, 0.4) is 0 Å². The third-order valence-corrected chi connectivity index (χ3v) is 2.38. The fourth-order valence-corrected chi connectivity index (χ4v) is 1.53. The highest BCUT2D eigenvalue weighted by atomic mass is 19.4. The number of halogens is 3. The van der Waals surface area contributed by atoms with Crippen molar-refractivity contribution in [1.82, 2.24) is 5.32 Å². The highest BCUT2D eigenvalue weighted by Crippen LogP contribution is 2.21. The van der Waals surface area contributed by atoms with Crippen molar-refractivity contribution in [3.8, 4) is 0 Å². The van der Waals surface area contributed by atoms with Crippen molar-refractivity contribution in [2.75, 3.05) is 6.54 Å². The van der Waals surface area contributed by atoms with Crippen LogP contribution >= 0.6 is 0 Å². The van der Waals surface area contributed by atoms with Crippen molar-refractivity contribution in [3.05, 3.63) is 35.9 Å². The molecule has 0 saturated heterocycles. The van der Waals surface area contributed by atoms with E-state index < -0.39 is 24.7 Å². The number of rotatable bonds is 5. The molecule has 0 aromatic heterocycles. The van der Waals surface area contributed by atoms with Gasteiger partial charge in [-0.3, -0.25) is 0 Å². The van der Waals surface area contributed by atoms with Crippen LogP contribution in [0.15, 0.2) is 30.3 Å². The lowest BCUT2D eigenvalue weighted by Gasteiger charge is -2.18. The van der Waals surface area contributed by atoms with E-state index in [0.717, 1.165) is 0 Å². The minimum Gasteiger partial charge on any atom is -0.387 e. The van der Waals surface area contributed by atoms with Gasteiger partial charge < -0.3 is 10.4 Å². The highest BCUT2D eigenvalue weighted by molar-refractivity contribution is 5.17. The van der Waals surface area contributed by atoms with Crippen LogP contribution in [0, 0.1) is 0 Å². The van der Waals surface area contributed by atoms with E-state index >= 15 is 0 Å². The van der Waals surface area contributed by atoms with Crippen molar-refractivity contribution < 1.29 is 18.3 Å². The Bertz CT molecular complexity index is 326. The fourth-order valence-electron chi connectivity index (χ4n) is 1.53. The number of nitrogens with one attached hydrogen (secondary N) is 1. The molecule has 0 saturated carbocycles. The summed E-state index contributed by atoms with van der Waals surface area (Å²) in [4.78, 5) is 0. The molecule has 2 N–H and O–H groups in total. The van der Waals surface area contributed by atoms with E-state index in [2.05, 4.69) is 5.32 Å². The lowest BCUT2D eigenvalue weighted by atomic mass is 10.1. The van der Waals surface area contributed by atoms with Crippen LogP contribution in [0.4, 0.5) is 13.2 Å². The topological polar surface area (TPSA) is 32.3 Å². The Labute approximate surface area is 98.5 Å². The SMILES string of the molecule is CC(CC(F)(F)F)NCC(O)c1ccccc1. The quantitative estimate of drug-likeness (QED) is 0.838. The number of benzene rings is 1. The number of aliphatic hydroxyl groups is 1. The van der Waals surface area contributed by atoms with Gasteiger partial charge in [-0.15, -0.1) is 0 Å². The number of alkyl halides is 3. The third kappa shape index (κ3) is 5.70. The van der Waals surface area contributed by atoms with Gasteiger partial charge >= 0.3 is 6.18 Å². The van der Waals surface area contributed by atoms with Gasteiger partial charge in [0.2, 0.25) is 0 Å². The van der Waals surface area contributed by atoms with Crippen molar-refractivity contribution >= 4 is 0 Å². The molecule has 1 aromatic rings. The summed E-state index contributed by atoms with van der Waals surface area (Å²) in [6.07, 6.45) is -5.86. The Morgan fingerprint density at radius 1 is 1.24 bits per heavy atom. The molecule has 17 heavy (non-hydrogen) atoms. The minimum atomic E-state index is -4.18. The summed E-state index contributed by atoms with van der Waals surface area (Å²) < 4.78 is 36.2. The van der Waals surface area contributed by atoms with Gasteiger partial charge in [-0.1, -0.05) is 30.3 Å². The van der Waals surface area contributed by atoms with Crippen molar-refractivity contribution in [3.63, 3.8) is 0 Å². The maximum atomic E-state index is 12.1. The van der Waals surface area contributed by atoms with Gasteiger partial charge in [0.25, 0.3) is 0 Å². The predicted molar refractivity (Wildman–Crippen MR) is 59.5 cm³/mol. The van der Waals surface area contributed by atoms with Crippen molar-refractivity contribution in [1.29, 1.82) is 0 Å². The Morgan fingerprint density at radius 3 is 2.35 bits per heavy atom. The predicted octanol–water partition coefficient (Wildman–Crippen LogP) is 2.65. The molecule has 2 atom stereocenters. The van der Waals surface area contributed by atoms with Crippen LogP contribution < -0.4 is 5.32 Å². The van der Waals surface area contributed by atoms with Crippen LogP contribution in [0.5, 0.6) is 0 Å². The summed E-state index contributed by atoms with van der Waals surface area (Å²) in [5, 5.41) is 12.4. The molecule has 0 bridgehead atoms. The van der Waals surface area contributed by atoms with E-state index in [1.54, 1.807) is 24.3 Å². The maximum absolute atomic E-state index is 12.1. The molecule has 0 spiro atoms. The Hall–Kier alpha value is -1.07. The summed E-state index contributed by atoms with van der Waals surface area (Å²) >= 11 is 0. The molecular formula is C12H16F3NO. The molecule has 1 aromatic carbocycles. The molecular weight excluding hydrogens is 231 g/mol. The number of hydrogen-bond donors (Lipinski definition) is 2. The second-order valence-electron chi connectivity index (χ2n) is 4.06. The van der Waals surface area contributed by atoms with E-state index in [0.29, 0.717) is 5.56 Å². The summed E-state index contributed by atoms with van der Waals surface area (Å²) in [6.45, 7) is 1.56. The first-order valence-corrected chi connectivity index (χ1v) is 5.41. The molecule has 5 heteroatoms. The molecule has 0 fully saturated rings. The third-order valence-electron chi connectivity index (χ3n) is 2.38. The summed E-state index contributed by atoms with van der Waals surface area (Å²) in [7, 11) is 0. The van der Waals surface area contributed by atoms with Gasteiger partial charge in [-0.2, -0.15) is 13.2 Å². The number of hydrogen-bond acceptors (Lipinski definition) is 2. The molecule has 2 unspecified atom stereocenters. The molecule has 2 nitrogen and oxygen atoms in total. The molecule has 1 rings (SSSR count).